The van der Waals surface area contributed by atoms with Gasteiger partial charge in [0, 0.05) is 11.6 Å². The van der Waals surface area contributed by atoms with E-state index in [2.05, 4.69) is 22.0 Å². The maximum Gasteiger partial charge on any atom is 0.315 e. The second kappa shape index (κ2) is 4.55. The number of hydrogen-bond acceptors (Lipinski definition) is 4. The lowest BCUT2D eigenvalue weighted by molar-refractivity contribution is -0.383. The first-order chi connectivity index (χ1) is 8.58. The Balaban J connectivity index is 2.48. The van der Waals surface area contributed by atoms with Gasteiger partial charge in [-0.05, 0) is 6.07 Å². The number of carbonyl (C=O) groups is 1. The van der Waals surface area contributed by atoms with Crippen molar-refractivity contribution in [2.45, 2.75) is 6.42 Å². The summed E-state index contributed by atoms with van der Waals surface area (Å²) in [6.07, 6.45) is 1.05. The molecule has 0 atom stereocenters. The van der Waals surface area contributed by atoms with Crippen LogP contribution in [0.5, 0.6) is 0 Å². The van der Waals surface area contributed by atoms with Gasteiger partial charge in [0.2, 0.25) is 0 Å². The number of fused-ring (bicyclic) bond motifs is 1. The van der Waals surface area contributed by atoms with Gasteiger partial charge in [-0.15, -0.1) is 0 Å². The highest BCUT2D eigenvalue weighted by atomic mass is 16.6. The third-order valence-corrected chi connectivity index (χ3v) is 2.21. The van der Waals surface area contributed by atoms with Crippen LogP contribution in [0.1, 0.15) is 12.0 Å². The van der Waals surface area contributed by atoms with Gasteiger partial charge in [0.1, 0.15) is 6.42 Å². The molecule has 2 N–H and O–H groups in total. The SMILES string of the molecule is O=C(O)CC#Cc1cc([N+](=O)[O-])c2cn[nH]c2c1. The first kappa shape index (κ1) is 11.6. The van der Waals surface area contributed by atoms with Crippen molar-refractivity contribution < 1.29 is 14.8 Å². The molecule has 0 saturated heterocycles. The summed E-state index contributed by atoms with van der Waals surface area (Å²) in [7, 11) is 0. The van der Waals surface area contributed by atoms with Gasteiger partial charge in [-0.2, -0.15) is 5.10 Å². The van der Waals surface area contributed by atoms with Crippen molar-refractivity contribution in [1.82, 2.24) is 10.2 Å². The fraction of sp³-hybridized carbons (Fsp3) is 0.0909. The van der Waals surface area contributed by atoms with Gasteiger partial charge in [-0.1, -0.05) is 11.8 Å². The Hall–Kier alpha value is -2.88. The van der Waals surface area contributed by atoms with Gasteiger partial charge >= 0.3 is 5.97 Å². The summed E-state index contributed by atoms with van der Waals surface area (Å²) >= 11 is 0. The topological polar surface area (TPSA) is 109 Å². The highest BCUT2D eigenvalue weighted by Gasteiger charge is 2.14. The molecule has 0 spiro atoms. The van der Waals surface area contributed by atoms with Gasteiger partial charge in [-0.3, -0.25) is 20.0 Å². The number of hydrogen-bond donors (Lipinski definition) is 2. The van der Waals surface area contributed by atoms with Crippen LogP contribution >= 0.6 is 0 Å². The highest BCUT2D eigenvalue weighted by Crippen LogP contribution is 2.25. The third kappa shape index (κ3) is 2.27. The lowest BCUT2D eigenvalue weighted by Crippen LogP contribution is -1.91. The monoisotopic (exact) mass is 245 g/mol. The predicted molar refractivity (Wildman–Crippen MR) is 61.9 cm³/mol. The molecule has 7 heteroatoms. The van der Waals surface area contributed by atoms with Crippen molar-refractivity contribution in [3.8, 4) is 11.8 Å². The van der Waals surface area contributed by atoms with Crippen molar-refractivity contribution in [3.63, 3.8) is 0 Å². The molecule has 2 aromatic rings. The zero-order valence-corrected chi connectivity index (χ0v) is 9.01. The summed E-state index contributed by atoms with van der Waals surface area (Å²) in [4.78, 5) is 20.6. The molecule has 0 fully saturated rings. The zero-order valence-electron chi connectivity index (χ0n) is 9.01. The molecule has 0 unspecified atom stereocenters. The molecule has 1 aromatic carbocycles. The van der Waals surface area contributed by atoms with Crippen LogP contribution in [0.2, 0.25) is 0 Å². The molecule has 2 rings (SSSR count). The molecule has 1 heterocycles. The smallest absolute Gasteiger partial charge is 0.315 e. The van der Waals surface area contributed by atoms with Crippen LogP contribution in [0.25, 0.3) is 10.9 Å². The summed E-state index contributed by atoms with van der Waals surface area (Å²) in [5.74, 6) is 3.95. The van der Waals surface area contributed by atoms with E-state index >= 15 is 0 Å². The van der Waals surface area contributed by atoms with Crippen molar-refractivity contribution in [2.24, 2.45) is 0 Å². The third-order valence-electron chi connectivity index (χ3n) is 2.21. The second-order valence-corrected chi connectivity index (χ2v) is 3.46. The molecular formula is C11H7N3O4. The minimum absolute atomic E-state index is 0.110. The number of carboxylic acids is 1. The minimum atomic E-state index is -1.04. The normalized spacial score (nSPS) is 9.78. The number of nitro groups is 1. The van der Waals surface area contributed by atoms with Crippen LogP contribution in [-0.2, 0) is 4.79 Å². The van der Waals surface area contributed by atoms with E-state index in [1.54, 1.807) is 6.07 Å². The standard InChI is InChI=1S/C11H7N3O4/c15-11(16)3-1-2-7-4-9-8(6-12-13-9)10(5-7)14(17)18/h4-6H,3H2,(H,12,13)(H,15,16). The molecule has 0 aliphatic heterocycles. The summed E-state index contributed by atoms with van der Waals surface area (Å²) in [5, 5.41) is 26.0. The number of nitro benzene ring substituents is 1. The molecular weight excluding hydrogens is 238 g/mol. The van der Waals surface area contributed by atoms with E-state index in [1.807, 2.05) is 0 Å². The van der Waals surface area contributed by atoms with Crippen molar-refractivity contribution in [1.29, 1.82) is 0 Å². The van der Waals surface area contributed by atoms with Crippen LogP contribution < -0.4 is 0 Å². The number of aromatic amines is 1. The number of aromatic nitrogens is 2. The first-order valence-electron chi connectivity index (χ1n) is 4.90. The fourth-order valence-electron chi connectivity index (χ4n) is 1.48. The number of nitrogens with one attached hydrogen (secondary N) is 1. The number of nitrogens with zero attached hydrogens (tertiary/aromatic N) is 2. The summed E-state index contributed by atoms with van der Waals surface area (Å²) in [6.45, 7) is 0. The van der Waals surface area contributed by atoms with Crippen LogP contribution in [0.15, 0.2) is 18.3 Å². The Morgan fingerprint density at radius 3 is 3.00 bits per heavy atom. The molecule has 0 bridgehead atoms. The highest BCUT2D eigenvalue weighted by molar-refractivity contribution is 5.88. The lowest BCUT2D eigenvalue weighted by Gasteiger charge is -1.95. The minimum Gasteiger partial charge on any atom is -0.481 e. The molecule has 0 saturated carbocycles. The Labute approximate surface area is 101 Å². The van der Waals surface area contributed by atoms with E-state index in [0.717, 1.165) is 0 Å². The van der Waals surface area contributed by atoms with Crippen LogP contribution in [0.4, 0.5) is 5.69 Å². The molecule has 0 radical (unpaired) electrons. The van der Waals surface area contributed by atoms with E-state index in [0.29, 0.717) is 16.5 Å². The molecule has 90 valence electrons. The number of H-pyrrole nitrogens is 1. The average Bonchev–Trinajstić information content (AvgIpc) is 2.75. The Morgan fingerprint density at radius 2 is 2.33 bits per heavy atom. The number of carboxylic acid groups (broad SMARTS) is 1. The maximum atomic E-state index is 10.9. The Kier molecular flexibility index (Phi) is 2.93. The van der Waals surface area contributed by atoms with Crippen LogP contribution in [-0.4, -0.2) is 26.2 Å². The van der Waals surface area contributed by atoms with E-state index in [-0.39, 0.29) is 12.1 Å². The largest absolute Gasteiger partial charge is 0.481 e. The Morgan fingerprint density at radius 1 is 1.56 bits per heavy atom. The zero-order chi connectivity index (χ0) is 13.1. The van der Waals surface area contributed by atoms with Crippen molar-refractivity contribution in [2.75, 3.05) is 0 Å². The Bertz CT molecular complexity index is 693. The van der Waals surface area contributed by atoms with Crippen molar-refractivity contribution >= 4 is 22.6 Å². The van der Waals surface area contributed by atoms with E-state index in [4.69, 9.17) is 5.11 Å². The lowest BCUT2D eigenvalue weighted by atomic mass is 10.1. The van der Waals surface area contributed by atoms with Gasteiger partial charge in [0.15, 0.2) is 0 Å². The predicted octanol–water partition coefficient (Wildman–Crippen LogP) is 1.30. The van der Waals surface area contributed by atoms with E-state index in [1.165, 1.54) is 12.3 Å². The molecule has 0 aliphatic rings. The van der Waals surface area contributed by atoms with Gasteiger partial charge in [-0.25, -0.2) is 0 Å². The molecule has 18 heavy (non-hydrogen) atoms. The molecule has 0 aliphatic carbocycles. The summed E-state index contributed by atoms with van der Waals surface area (Å²) in [5.41, 5.74) is 0.754. The summed E-state index contributed by atoms with van der Waals surface area (Å²) < 4.78 is 0. The quantitative estimate of drug-likeness (QED) is 0.470. The number of rotatable bonds is 2. The molecule has 7 nitrogen and oxygen atoms in total. The number of non-ortho nitro benzene ring substituents is 1. The summed E-state index contributed by atoms with van der Waals surface area (Å²) in [6, 6.07) is 2.89. The van der Waals surface area contributed by atoms with Crippen LogP contribution in [0.3, 0.4) is 0 Å². The number of benzene rings is 1. The van der Waals surface area contributed by atoms with Gasteiger partial charge in [0.25, 0.3) is 5.69 Å². The van der Waals surface area contributed by atoms with Gasteiger partial charge in [0.05, 0.1) is 22.0 Å². The van der Waals surface area contributed by atoms with Gasteiger partial charge < -0.3 is 5.11 Å². The van der Waals surface area contributed by atoms with Crippen molar-refractivity contribution in [3.05, 3.63) is 34.0 Å². The van der Waals surface area contributed by atoms with Crippen LogP contribution in [0, 0.1) is 22.0 Å². The second-order valence-electron chi connectivity index (χ2n) is 3.46. The van der Waals surface area contributed by atoms with E-state index in [9.17, 15) is 14.9 Å². The maximum absolute atomic E-state index is 10.9. The average molecular weight is 245 g/mol. The first-order valence-corrected chi connectivity index (χ1v) is 4.90. The van der Waals surface area contributed by atoms with E-state index < -0.39 is 10.9 Å². The fourth-order valence-corrected chi connectivity index (χ4v) is 1.48. The molecule has 1 aromatic heterocycles. The molecule has 0 amide bonds. The number of aliphatic carboxylic acids is 1.